The Morgan fingerprint density at radius 3 is 2.31 bits per heavy atom. The van der Waals surface area contributed by atoms with Gasteiger partial charge in [0.05, 0.1) is 18.6 Å². The fourth-order valence-corrected chi connectivity index (χ4v) is 1.09. The van der Waals surface area contributed by atoms with Gasteiger partial charge in [-0.1, -0.05) is 6.07 Å². The number of rotatable bonds is 3. The minimum Gasteiger partial charge on any atom is -0.545 e. The number of hydrogen-bond donors (Lipinski definition) is 0. The minimum absolute atomic E-state index is 0.262. The van der Waals surface area contributed by atoms with Crippen LogP contribution in [0.1, 0.15) is 10.4 Å². The summed E-state index contributed by atoms with van der Waals surface area (Å²) >= 11 is 0. The molecule has 0 aliphatic carbocycles. The Kier molecular flexibility index (Phi) is 3.26. The Morgan fingerprint density at radius 2 is 1.88 bits per heavy atom. The van der Waals surface area contributed by atoms with Crippen molar-refractivity contribution in [3.05, 3.63) is 23.8 Å². The maximum Gasteiger partial charge on any atom is 0.573 e. The van der Waals surface area contributed by atoms with Gasteiger partial charge in [-0.05, 0) is 12.1 Å². The molecule has 0 atom stereocenters. The van der Waals surface area contributed by atoms with Crippen molar-refractivity contribution in [2.75, 3.05) is 7.11 Å². The Bertz CT molecular complexity index is 400. The molecule has 88 valence electrons. The summed E-state index contributed by atoms with van der Waals surface area (Å²) in [7, 11) is 1.12. The second kappa shape index (κ2) is 4.30. The average molecular weight is 235 g/mol. The van der Waals surface area contributed by atoms with Crippen molar-refractivity contribution in [2.24, 2.45) is 0 Å². The molecule has 0 radical (unpaired) electrons. The van der Waals surface area contributed by atoms with Gasteiger partial charge in [0.2, 0.25) is 0 Å². The van der Waals surface area contributed by atoms with Crippen molar-refractivity contribution in [3.63, 3.8) is 0 Å². The monoisotopic (exact) mass is 235 g/mol. The molecule has 4 nitrogen and oxygen atoms in total. The Balaban J connectivity index is 3.22. The van der Waals surface area contributed by atoms with Gasteiger partial charge in [-0.2, -0.15) is 0 Å². The molecule has 1 aromatic rings. The Morgan fingerprint density at radius 1 is 1.31 bits per heavy atom. The van der Waals surface area contributed by atoms with E-state index in [0.29, 0.717) is 0 Å². The normalized spacial score (nSPS) is 11.0. The van der Waals surface area contributed by atoms with E-state index in [1.54, 1.807) is 0 Å². The predicted octanol–water partition coefficient (Wildman–Crippen LogP) is 0.957. The second-order valence-electron chi connectivity index (χ2n) is 2.67. The van der Waals surface area contributed by atoms with Gasteiger partial charge in [-0.25, -0.2) is 0 Å². The summed E-state index contributed by atoms with van der Waals surface area (Å²) in [6.07, 6.45) is -4.98. The number of ether oxygens (including phenoxy) is 2. The lowest BCUT2D eigenvalue weighted by Crippen LogP contribution is -2.26. The number of methoxy groups -OCH3 is 1. The van der Waals surface area contributed by atoms with E-state index in [-0.39, 0.29) is 5.75 Å². The zero-order chi connectivity index (χ0) is 12.3. The van der Waals surface area contributed by atoms with E-state index in [9.17, 15) is 23.1 Å². The van der Waals surface area contributed by atoms with Gasteiger partial charge in [-0.15, -0.1) is 13.2 Å². The van der Waals surface area contributed by atoms with Gasteiger partial charge >= 0.3 is 6.36 Å². The van der Waals surface area contributed by atoms with Crippen molar-refractivity contribution in [1.29, 1.82) is 0 Å². The molecule has 0 fully saturated rings. The molecule has 0 saturated heterocycles. The number of carboxylic acid groups (broad SMARTS) is 1. The van der Waals surface area contributed by atoms with Gasteiger partial charge in [0.25, 0.3) is 0 Å². The molecule has 0 aromatic heterocycles. The van der Waals surface area contributed by atoms with E-state index in [4.69, 9.17) is 0 Å². The number of carboxylic acids is 1. The van der Waals surface area contributed by atoms with Gasteiger partial charge in [0.1, 0.15) is 11.5 Å². The molecular formula is C9H6F3O4-. The number of aromatic carboxylic acids is 1. The Hall–Kier alpha value is -1.92. The fraction of sp³-hybridized carbons (Fsp3) is 0.222. The molecule has 0 amide bonds. The summed E-state index contributed by atoms with van der Waals surface area (Å²) in [6, 6.07) is 3.22. The van der Waals surface area contributed by atoms with Crippen LogP contribution in [-0.4, -0.2) is 19.4 Å². The molecule has 16 heavy (non-hydrogen) atoms. The van der Waals surface area contributed by atoms with Crippen LogP contribution in [0.2, 0.25) is 0 Å². The number of hydrogen-bond acceptors (Lipinski definition) is 4. The molecule has 0 bridgehead atoms. The first-order valence-corrected chi connectivity index (χ1v) is 3.99. The Labute approximate surface area is 88.2 Å². The van der Waals surface area contributed by atoms with Gasteiger partial charge in [-0.3, -0.25) is 0 Å². The van der Waals surface area contributed by atoms with Gasteiger partial charge in [0.15, 0.2) is 0 Å². The summed E-state index contributed by atoms with van der Waals surface area (Å²) in [5.74, 6) is -2.94. The van der Waals surface area contributed by atoms with E-state index in [2.05, 4.69) is 9.47 Å². The molecule has 7 heteroatoms. The van der Waals surface area contributed by atoms with Crippen molar-refractivity contribution in [1.82, 2.24) is 0 Å². The minimum atomic E-state index is -4.98. The third-order valence-corrected chi connectivity index (χ3v) is 1.64. The van der Waals surface area contributed by atoms with Crippen LogP contribution in [-0.2, 0) is 0 Å². The van der Waals surface area contributed by atoms with Crippen molar-refractivity contribution in [3.8, 4) is 11.5 Å². The van der Waals surface area contributed by atoms with Crippen LogP contribution in [0.25, 0.3) is 0 Å². The number of carbonyl (C=O) groups is 1. The topological polar surface area (TPSA) is 58.6 Å². The highest BCUT2D eigenvalue weighted by molar-refractivity contribution is 5.92. The molecule has 0 N–H and O–H groups in total. The maximum atomic E-state index is 11.9. The van der Waals surface area contributed by atoms with Crippen LogP contribution in [0.3, 0.4) is 0 Å². The molecule has 1 aromatic carbocycles. The van der Waals surface area contributed by atoms with Crippen LogP contribution >= 0.6 is 0 Å². The molecule has 0 saturated carbocycles. The van der Waals surface area contributed by atoms with E-state index >= 15 is 0 Å². The number of halogens is 3. The smallest absolute Gasteiger partial charge is 0.545 e. The first-order chi connectivity index (χ1) is 7.35. The summed E-state index contributed by atoms with van der Waals surface area (Å²) in [6.45, 7) is 0. The van der Waals surface area contributed by atoms with Crippen LogP contribution in [0.15, 0.2) is 18.2 Å². The average Bonchev–Trinajstić information content (AvgIpc) is 2.14. The second-order valence-corrected chi connectivity index (χ2v) is 2.67. The highest BCUT2D eigenvalue weighted by Crippen LogP contribution is 2.31. The van der Waals surface area contributed by atoms with E-state index < -0.39 is 23.6 Å². The SMILES string of the molecule is COc1cccc(OC(F)(F)F)c1C(=O)[O-]. The van der Waals surface area contributed by atoms with E-state index in [1.165, 1.54) is 12.1 Å². The number of alkyl halides is 3. The number of benzene rings is 1. The summed E-state index contributed by atoms with van der Waals surface area (Å²) < 4.78 is 44.0. The van der Waals surface area contributed by atoms with Gasteiger partial charge < -0.3 is 19.4 Å². The zero-order valence-electron chi connectivity index (χ0n) is 8.00. The summed E-state index contributed by atoms with van der Waals surface area (Å²) in [5, 5.41) is 10.6. The van der Waals surface area contributed by atoms with Crippen LogP contribution in [0, 0.1) is 0 Å². The number of carbonyl (C=O) groups excluding carboxylic acids is 1. The van der Waals surface area contributed by atoms with Crippen molar-refractivity contribution < 1.29 is 32.5 Å². The van der Waals surface area contributed by atoms with Gasteiger partial charge in [0, 0.05) is 0 Å². The molecular weight excluding hydrogens is 229 g/mol. The lowest BCUT2D eigenvalue weighted by molar-refractivity contribution is -0.276. The van der Waals surface area contributed by atoms with E-state index in [0.717, 1.165) is 13.2 Å². The molecule has 1 rings (SSSR count). The summed E-state index contributed by atoms with van der Waals surface area (Å²) in [5.41, 5.74) is -0.776. The lowest BCUT2D eigenvalue weighted by Gasteiger charge is -2.16. The molecule has 0 unspecified atom stereocenters. The standard InChI is InChI=1S/C9H7F3O4/c1-15-5-3-2-4-6(7(5)8(13)14)16-9(10,11)12/h2-4H,1H3,(H,13,14)/p-1. The van der Waals surface area contributed by atoms with Crippen LogP contribution < -0.4 is 14.6 Å². The first-order valence-electron chi connectivity index (χ1n) is 3.99. The van der Waals surface area contributed by atoms with Crippen LogP contribution in [0.5, 0.6) is 11.5 Å². The molecule has 0 aliphatic rings. The molecule has 0 aliphatic heterocycles. The third-order valence-electron chi connectivity index (χ3n) is 1.64. The third kappa shape index (κ3) is 2.78. The van der Waals surface area contributed by atoms with Crippen LogP contribution in [0.4, 0.5) is 13.2 Å². The summed E-state index contributed by atoms with van der Waals surface area (Å²) in [4.78, 5) is 10.6. The zero-order valence-corrected chi connectivity index (χ0v) is 8.00. The highest BCUT2D eigenvalue weighted by atomic mass is 19.4. The molecule has 0 heterocycles. The quantitative estimate of drug-likeness (QED) is 0.782. The molecule has 0 spiro atoms. The van der Waals surface area contributed by atoms with Crippen molar-refractivity contribution in [2.45, 2.75) is 6.36 Å². The van der Waals surface area contributed by atoms with E-state index in [1.807, 2.05) is 0 Å². The predicted molar refractivity (Wildman–Crippen MR) is 44.0 cm³/mol. The lowest BCUT2D eigenvalue weighted by atomic mass is 10.2. The highest BCUT2D eigenvalue weighted by Gasteiger charge is 2.32. The fourth-order valence-electron chi connectivity index (χ4n) is 1.09. The first kappa shape index (κ1) is 12.2. The maximum absolute atomic E-state index is 11.9. The van der Waals surface area contributed by atoms with Crippen molar-refractivity contribution >= 4 is 5.97 Å². The largest absolute Gasteiger partial charge is 0.573 e.